The predicted octanol–water partition coefficient (Wildman–Crippen LogP) is 1.06. The van der Waals surface area contributed by atoms with Crippen molar-refractivity contribution in [1.29, 1.82) is 0 Å². The molecule has 0 spiro atoms. The Hall–Kier alpha value is -1.62. The van der Waals surface area contributed by atoms with E-state index < -0.39 is 33.2 Å². The standard InChI is InChI=1S/C11H15F3N4O3S/c1-6-5-10(19,11(12,13)14)18(15-6)22(20,21)9-7(2)16-17(4)8(9)3/h19H,5H2,1-4H3/t10-/m1/s1. The van der Waals surface area contributed by atoms with Gasteiger partial charge in [0.25, 0.3) is 15.7 Å². The van der Waals surface area contributed by atoms with Crippen molar-refractivity contribution in [2.75, 3.05) is 0 Å². The molecular weight excluding hydrogens is 325 g/mol. The summed E-state index contributed by atoms with van der Waals surface area (Å²) in [6.45, 7) is 3.99. The topological polar surface area (TPSA) is 87.8 Å². The van der Waals surface area contributed by atoms with Gasteiger partial charge in [-0.2, -0.15) is 31.8 Å². The number of hydrogen-bond acceptors (Lipinski definition) is 5. The number of aliphatic hydroxyl groups is 1. The van der Waals surface area contributed by atoms with Gasteiger partial charge in [0.15, 0.2) is 0 Å². The molecule has 1 aromatic rings. The summed E-state index contributed by atoms with van der Waals surface area (Å²) in [4.78, 5) is -0.392. The molecule has 0 saturated heterocycles. The lowest BCUT2D eigenvalue weighted by Gasteiger charge is -2.33. The summed E-state index contributed by atoms with van der Waals surface area (Å²) in [6.07, 6.45) is -6.13. The third-order valence-corrected chi connectivity index (χ3v) is 5.41. The summed E-state index contributed by atoms with van der Waals surface area (Å²) in [5.41, 5.74) is -3.54. The largest absolute Gasteiger partial charge is 0.439 e. The number of rotatable bonds is 2. The van der Waals surface area contributed by atoms with Gasteiger partial charge >= 0.3 is 6.18 Å². The average molecular weight is 340 g/mol. The minimum atomic E-state index is -5.19. The second kappa shape index (κ2) is 4.69. The number of alkyl halides is 3. The fraction of sp³-hybridized carbons (Fsp3) is 0.636. The fourth-order valence-electron chi connectivity index (χ4n) is 2.37. The van der Waals surface area contributed by atoms with Gasteiger partial charge in [-0.3, -0.25) is 4.68 Å². The Bertz CT molecular complexity index is 753. The highest BCUT2D eigenvalue weighted by Gasteiger charge is 2.64. The van der Waals surface area contributed by atoms with Crippen LogP contribution in [0.15, 0.2) is 10.00 Å². The molecule has 0 saturated carbocycles. The summed E-state index contributed by atoms with van der Waals surface area (Å²) in [7, 11) is -3.24. The molecule has 0 bridgehead atoms. The molecule has 0 aliphatic carbocycles. The van der Waals surface area contributed by atoms with Gasteiger partial charge in [0, 0.05) is 19.2 Å². The highest BCUT2D eigenvalue weighted by Crippen LogP contribution is 2.43. The zero-order chi connectivity index (χ0) is 17.1. The van der Waals surface area contributed by atoms with Crippen molar-refractivity contribution in [3.8, 4) is 0 Å². The average Bonchev–Trinajstić information content (AvgIpc) is 2.77. The van der Waals surface area contributed by atoms with Gasteiger partial charge in [0.2, 0.25) is 0 Å². The Balaban J connectivity index is 2.67. The first-order valence-corrected chi connectivity index (χ1v) is 7.65. The first-order chi connectivity index (χ1) is 9.82. The quantitative estimate of drug-likeness (QED) is 0.872. The van der Waals surface area contributed by atoms with E-state index in [9.17, 15) is 26.7 Å². The number of aromatic nitrogens is 2. The van der Waals surface area contributed by atoms with E-state index in [0.29, 0.717) is 0 Å². The molecule has 0 amide bonds. The lowest BCUT2D eigenvalue weighted by molar-refractivity contribution is -0.291. The van der Waals surface area contributed by atoms with E-state index in [4.69, 9.17) is 0 Å². The zero-order valence-electron chi connectivity index (χ0n) is 12.3. The van der Waals surface area contributed by atoms with Crippen LogP contribution in [0.4, 0.5) is 13.2 Å². The van der Waals surface area contributed by atoms with E-state index in [2.05, 4.69) is 10.2 Å². The Morgan fingerprint density at radius 1 is 1.27 bits per heavy atom. The fourth-order valence-corrected chi connectivity index (χ4v) is 4.28. The molecule has 124 valence electrons. The molecule has 0 fully saturated rings. The lowest BCUT2D eigenvalue weighted by atomic mass is 10.1. The van der Waals surface area contributed by atoms with Crippen LogP contribution in [-0.2, 0) is 17.1 Å². The van der Waals surface area contributed by atoms with Crippen molar-refractivity contribution in [2.24, 2.45) is 12.1 Å². The van der Waals surface area contributed by atoms with E-state index in [0.717, 1.165) is 0 Å². The molecule has 1 aromatic heterocycles. The van der Waals surface area contributed by atoms with Crippen LogP contribution in [0.2, 0.25) is 0 Å². The first-order valence-electron chi connectivity index (χ1n) is 6.21. The van der Waals surface area contributed by atoms with Crippen molar-refractivity contribution in [1.82, 2.24) is 14.2 Å². The summed E-state index contributed by atoms with van der Waals surface area (Å²) in [5.74, 6) is 0. The number of hydrogen-bond donors (Lipinski definition) is 1. The number of aryl methyl sites for hydroxylation is 2. The van der Waals surface area contributed by atoms with Crippen molar-refractivity contribution in [3.05, 3.63) is 11.4 Å². The van der Waals surface area contributed by atoms with Crippen LogP contribution in [0.3, 0.4) is 0 Å². The maximum Gasteiger partial charge on any atom is 0.439 e. The molecular formula is C11H15F3N4O3S. The molecule has 1 N–H and O–H groups in total. The highest BCUT2D eigenvalue weighted by molar-refractivity contribution is 7.89. The van der Waals surface area contributed by atoms with Crippen LogP contribution in [0.1, 0.15) is 24.7 Å². The van der Waals surface area contributed by atoms with Gasteiger partial charge in [-0.25, -0.2) is 0 Å². The Kier molecular flexibility index (Phi) is 3.57. The first kappa shape index (κ1) is 16.7. The number of sulfonamides is 1. The molecule has 11 heteroatoms. The zero-order valence-corrected chi connectivity index (χ0v) is 13.1. The Morgan fingerprint density at radius 2 is 1.82 bits per heavy atom. The van der Waals surface area contributed by atoms with Crippen molar-refractivity contribution in [2.45, 2.75) is 44.0 Å². The minimum Gasteiger partial charge on any atom is -0.361 e. The van der Waals surface area contributed by atoms with Gasteiger partial charge in [-0.15, -0.1) is 4.41 Å². The molecule has 1 aliphatic rings. The SMILES string of the molecule is CC1=NN(S(=O)(=O)c2c(C)nn(C)c2C)[C@](O)(C(F)(F)F)C1. The van der Waals surface area contributed by atoms with Crippen molar-refractivity contribution >= 4 is 15.7 Å². The molecule has 22 heavy (non-hydrogen) atoms. The van der Waals surface area contributed by atoms with Crippen LogP contribution < -0.4 is 0 Å². The van der Waals surface area contributed by atoms with Gasteiger partial charge < -0.3 is 5.11 Å². The minimum absolute atomic E-state index is 0.0317. The third kappa shape index (κ3) is 2.19. The number of hydrazone groups is 1. The van der Waals surface area contributed by atoms with Gasteiger partial charge in [-0.1, -0.05) is 0 Å². The van der Waals surface area contributed by atoms with Gasteiger partial charge in [-0.05, 0) is 20.8 Å². The third-order valence-electron chi connectivity index (χ3n) is 3.46. The van der Waals surface area contributed by atoms with Crippen molar-refractivity contribution < 1.29 is 26.7 Å². The molecule has 1 atom stereocenters. The monoisotopic (exact) mass is 340 g/mol. The second-order valence-corrected chi connectivity index (χ2v) is 6.90. The molecule has 7 nitrogen and oxygen atoms in total. The number of nitrogens with zero attached hydrogens (tertiary/aromatic N) is 4. The summed E-state index contributed by atoms with van der Waals surface area (Å²) in [6, 6.07) is 0. The van der Waals surface area contributed by atoms with E-state index in [1.165, 1.54) is 32.5 Å². The van der Waals surface area contributed by atoms with E-state index >= 15 is 0 Å². The number of halogens is 3. The lowest BCUT2D eigenvalue weighted by Crippen LogP contribution is -2.56. The summed E-state index contributed by atoms with van der Waals surface area (Å²) < 4.78 is 65.7. The molecule has 0 radical (unpaired) electrons. The van der Waals surface area contributed by atoms with Crippen molar-refractivity contribution in [3.63, 3.8) is 0 Å². The normalized spacial score (nSPS) is 23.1. The van der Waals surface area contributed by atoms with Gasteiger partial charge in [0.1, 0.15) is 4.90 Å². The molecule has 2 rings (SSSR count). The van der Waals surface area contributed by atoms with E-state index in [1.54, 1.807) is 0 Å². The maximum atomic E-state index is 13.2. The molecule has 2 heterocycles. The maximum absolute atomic E-state index is 13.2. The van der Waals surface area contributed by atoms with Crippen LogP contribution >= 0.6 is 0 Å². The van der Waals surface area contributed by atoms with Crippen LogP contribution in [0, 0.1) is 13.8 Å². The molecule has 0 aromatic carbocycles. The van der Waals surface area contributed by atoms with Crippen LogP contribution in [-0.4, -0.2) is 45.3 Å². The van der Waals surface area contributed by atoms with Crippen LogP contribution in [0.5, 0.6) is 0 Å². The molecule has 1 aliphatic heterocycles. The van der Waals surface area contributed by atoms with E-state index in [-0.39, 0.29) is 21.5 Å². The second-order valence-electron chi connectivity index (χ2n) is 5.20. The smallest absolute Gasteiger partial charge is 0.361 e. The predicted molar refractivity (Wildman–Crippen MR) is 70.4 cm³/mol. The van der Waals surface area contributed by atoms with E-state index in [1.807, 2.05) is 0 Å². The summed E-state index contributed by atoms with van der Waals surface area (Å²) in [5, 5.41) is 17.2. The Labute approximate surface area is 125 Å². The summed E-state index contributed by atoms with van der Waals surface area (Å²) >= 11 is 0. The van der Waals surface area contributed by atoms with Gasteiger partial charge in [0.05, 0.1) is 11.4 Å². The Morgan fingerprint density at radius 3 is 2.23 bits per heavy atom. The van der Waals surface area contributed by atoms with Crippen LogP contribution in [0.25, 0.3) is 0 Å². The molecule has 0 unspecified atom stereocenters. The highest BCUT2D eigenvalue weighted by atomic mass is 32.2.